The molecule has 0 saturated heterocycles. The van der Waals surface area contributed by atoms with E-state index in [-0.39, 0.29) is 6.54 Å². The molecule has 0 heterocycles. The molecule has 0 fully saturated rings. The van der Waals surface area contributed by atoms with Gasteiger partial charge in [0.05, 0.1) is 13.0 Å². The first-order chi connectivity index (χ1) is 5.56. The fraction of sp³-hybridized carbons (Fsp3) is 1.00. The monoisotopic (exact) mass is 185 g/mol. The number of alkyl halides is 3. The summed E-state index contributed by atoms with van der Waals surface area (Å²) in [5, 5.41) is 2.63. The molecule has 2 nitrogen and oxygen atoms in total. The van der Waals surface area contributed by atoms with Gasteiger partial charge in [-0.05, 0) is 6.92 Å². The lowest BCUT2D eigenvalue weighted by Crippen LogP contribution is -2.25. The van der Waals surface area contributed by atoms with Crippen LogP contribution in [0.4, 0.5) is 13.2 Å². The van der Waals surface area contributed by atoms with E-state index in [9.17, 15) is 13.2 Å². The van der Waals surface area contributed by atoms with Gasteiger partial charge in [-0.2, -0.15) is 13.2 Å². The van der Waals surface area contributed by atoms with E-state index in [0.717, 1.165) is 0 Å². The Morgan fingerprint density at radius 3 is 2.42 bits per heavy atom. The number of ether oxygens (including phenoxy) is 1. The third-order valence-corrected chi connectivity index (χ3v) is 1.21. The van der Waals surface area contributed by atoms with Crippen LogP contribution in [-0.2, 0) is 4.74 Å². The Balaban J connectivity index is 3.01. The van der Waals surface area contributed by atoms with E-state index in [2.05, 4.69) is 5.32 Å². The predicted octanol–water partition coefficient (Wildman–Crippen LogP) is 1.56. The summed E-state index contributed by atoms with van der Waals surface area (Å²) in [6.45, 7) is 3.35. The van der Waals surface area contributed by atoms with Crippen molar-refractivity contribution >= 4 is 0 Å². The smallest absolute Gasteiger partial charge is 0.380 e. The van der Waals surface area contributed by atoms with Crippen LogP contribution in [0.25, 0.3) is 0 Å². The van der Waals surface area contributed by atoms with Crippen molar-refractivity contribution in [3.05, 3.63) is 0 Å². The Labute approximate surface area is 70.1 Å². The van der Waals surface area contributed by atoms with Gasteiger partial charge in [0, 0.05) is 19.7 Å². The van der Waals surface area contributed by atoms with Crippen LogP contribution in [0.2, 0.25) is 0 Å². The zero-order valence-corrected chi connectivity index (χ0v) is 7.08. The second-order valence-electron chi connectivity index (χ2n) is 2.31. The molecule has 0 aliphatic heterocycles. The summed E-state index contributed by atoms with van der Waals surface area (Å²) in [6.07, 6.45) is -4.84. The van der Waals surface area contributed by atoms with Crippen molar-refractivity contribution < 1.29 is 17.9 Å². The average molecular weight is 185 g/mol. The Morgan fingerprint density at radius 1 is 1.25 bits per heavy atom. The molecule has 0 rings (SSSR count). The van der Waals surface area contributed by atoms with Crippen molar-refractivity contribution in [1.82, 2.24) is 5.32 Å². The normalized spacial score (nSPS) is 12.0. The van der Waals surface area contributed by atoms with E-state index in [1.165, 1.54) is 0 Å². The van der Waals surface area contributed by atoms with Crippen LogP contribution in [-0.4, -0.2) is 32.5 Å². The maximum atomic E-state index is 11.6. The highest BCUT2D eigenvalue weighted by Crippen LogP contribution is 2.17. The van der Waals surface area contributed by atoms with Crippen molar-refractivity contribution in [3.63, 3.8) is 0 Å². The summed E-state index contributed by atoms with van der Waals surface area (Å²) in [5.41, 5.74) is 0. The SMILES string of the molecule is CCOCCNCCC(F)(F)F. The second-order valence-corrected chi connectivity index (χ2v) is 2.31. The fourth-order valence-corrected chi connectivity index (χ4v) is 0.644. The largest absolute Gasteiger partial charge is 0.390 e. The lowest BCUT2D eigenvalue weighted by molar-refractivity contribution is -0.133. The molecule has 0 saturated carbocycles. The highest BCUT2D eigenvalue weighted by Gasteiger charge is 2.25. The van der Waals surface area contributed by atoms with Crippen LogP contribution < -0.4 is 5.32 Å². The highest BCUT2D eigenvalue weighted by molar-refractivity contribution is 4.53. The maximum absolute atomic E-state index is 11.6. The molecule has 0 bridgehead atoms. The van der Waals surface area contributed by atoms with Gasteiger partial charge in [-0.25, -0.2) is 0 Å². The second kappa shape index (κ2) is 6.25. The van der Waals surface area contributed by atoms with Gasteiger partial charge in [0.2, 0.25) is 0 Å². The van der Waals surface area contributed by atoms with Crippen molar-refractivity contribution in [1.29, 1.82) is 0 Å². The lowest BCUT2D eigenvalue weighted by Gasteiger charge is -2.07. The zero-order chi connectivity index (χ0) is 9.45. The number of hydrogen-bond donors (Lipinski definition) is 1. The van der Waals surface area contributed by atoms with E-state index in [1.54, 1.807) is 0 Å². The lowest BCUT2D eigenvalue weighted by atomic mass is 10.4. The minimum atomic E-state index is -4.06. The summed E-state index contributed by atoms with van der Waals surface area (Å²) in [5.74, 6) is 0. The van der Waals surface area contributed by atoms with Gasteiger partial charge in [0.1, 0.15) is 0 Å². The molecule has 0 spiro atoms. The van der Waals surface area contributed by atoms with E-state index in [4.69, 9.17) is 4.74 Å². The van der Waals surface area contributed by atoms with Crippen LogP contribution in [0, 0.1) is 0 Å². The quantitative estimate of drug-likeness (QED) is 0.634. The molecule has 0 aliphatic carbocycles. The summed E-state index contributed by atoms with van der Waals surface area (Å²) in [4.78, 5) is 0. The number of halogens is 3. The molecule has 0 amide bonds. The summed E-state index contributed by atoms with van der Waals surface area (Å²) < 4.78 is 39.6. The van der Waals surface area contributed by atoms with Gasteiger partial charge < -0.3 is 10.1 Å². The van der Waals surface area contributed by atoms with Crippen LogP contribution in [0.3, 0.4) is 0 Å². The molecule has 74 valence electrons. The van der Waals surface area contributed by atoms with Crippen LogP contribution >= 0.6 is 0 Å². The zero-order valence-electron chi connectivity index (χ0n) is 7.08. The molecular formula is C7H14F3NO. The molecule has 12 heavy (non-hydrogen) atoms. The van der Waals surface area contributed by atoms with Gasteiger partial charge in [-0.15, -0.1) is 0 Å². The van der Waals surface area contributed by atoms with Gasteiger partial charge in [-0.3, -0.25) is 0 Å². The van der Waals surface area contributed by atoms with Crippen molar-refractivity contribution in [3.8, 4) is 0 Å². The van der Waals surface area contributed by atoms with E-state index >= 15 is 0 Å². The minimum Gasteiger partial charge on any atom is -0.380 e. The Morgan fingerprint density at radius 2 is 1.92 bits per heavy atom. The van der Waals surface area contributed by atoms with Crippen LogP contribution in [0.1, 0.15) is 13.3 Å². The van der Waals surface area contributed by atoms with Crippen molar-refractivity contribution in [2.45, 2.75) is 19.5 Å². The third kappa shape index (κ3) is 9.71. The summed E-state index contributed by atoms with van der Waals surface area (Å²) in [7, 11) is 0. The van der Waals surface area contributed by atoms with Crippen molar-refractivity contribution in [2.24, 2.45) is 0 Å². The molecule has 0 aromatic rings. The number of hydrogen-bond acceptors (Lipinski definition) is 2. The van der Waals surface area contributed by atoms with Gasteiger partial charge in [0.25, 0.3) is 0 Å². The first kappa shape index (κ1) is 11.7. The van der Waals surface area contributed by atoms with E-state index in [0.29, 0.717) is 19.8 Å². The molecule has 0 aromatic heterocycles. The Kier molecular flexibility index (Phi) is 6.10. The van der Waals surface area contributed by atoms with Crippen LogP contribution in [0.15, 0.2) is 0 Å². The van der Waals surface area contributed by atoms with Gasteiger partial charge >= 0.3 is 6.18 Å². The molecule has 1 N–H and O–H groups in total. The molecule has 0 aromatic carbocycles. The van der Waals surface area contributed by atoms with E-state index in [1.807, 2.05) is 6.92 Å². The number of rotatable bonds is 6. The molecular weight excluding hydrogens is 171 g/mol. The van der Waals surface area contributed by atoms with Crippen molar-refractivity contribution in [2.75, 3.05) is 26.3 Å². The topological polar surface area (TPSA) is 21.3 Å². The van der Waals surface area contributed by atoms with Gasteiger partial charge in [0.15, 0.2) is 0 Å². The predicted molar refractivity (Wildman–Crippen MR) is 40.0 cm³/mol. The molecule has 0 aliphatic rings. The Hall–Kier alpha value is -0.290. The molecule has 0 radical (unpaired) electrons. The third-order valence-electron chi connectivity index (χ3n) is 1.21. The van der Waals surface area contributed by atoms with E-state index < -0.39 is 12.6 Å². The average Bonchev–Trinajstić information content (AvgIpc) is 1.94. The Bertz CT molecular complexity index is 105. The number of nitrogens with one attached hydrogen (secondary N) is 1. The fourth-order valence-electron chi connectivity index (χ4n) is 0.644. The molecule has 0 unspecified atom stereocenters. The highest BCUT2D eigenvalue weighted by atomic mass is 19.4. The summed E-state index contributed by atoms with van der Waals surface area (Å²) in [6, 6.07) is 0. The molecule has 5 heteroatoms. The summed E-state index contributed by atoms with van der Waals surface area (Å²) >= 11 is 0. The first-order valence-corrected chi connectivity index (χ1v) is 3.91. The molecule has 0 atom stereocenters. The maximum Gasteiger partial charge on any atom is 0.390 e. The van der Waals surface area contributed by atoms with Gasteiger partial charge in [-0.1, -0.05) is 0 Å². The minimum absolute atomic E-state index is 0.0312. The first-order valence-electron chi connectivity index (χ1n) is 3.91. The standard InChI is InChI=1S/C7H14F3NO/c1-2-12-6-5-11-4-3-7(8,9)10/h11H,2-6H2,1H3. The van der Waals surface area contributed by atoms with Crippen LogP contribution in [0.5, 0.6) is 0 Å².